The number of ether oxygens (including phenoxy) is 1. The smallest absolute Gasteiger partial charge is 0.293 e. The number of rotatable bonds is 7. The summed E-state index contributed by atoms with van der Waals surface area (Å²) in [5, 5.41) is 11.1. The monoisotopic (exact) mass is 337 g/mol. The third kappa shape index (κ3) is 4.24. The fourth-order valence-electron chi connectivity index (χ4n) is 1.93. The highest BCUT2D eigenvalue weighted by molar-refractivity contribution is 7.89. The van der Waals surface area contributed by atoms with Crippen LogP contribution in [0.5, 0.6) is 5.75 Å². The van der Waals surface area contributed by atoms with Gasteiger partial charge in [-0.1, -0.05) is 6.07 Å². The Morgan fingerprint density at radius 2 is 2.09 bits per heavy atom. The zero-order valence-electron chi connectivity index (χ0n) is 12.3. The predicted octanol–water partition coefficient (Wildman–Crippen LogP) is 1.52. The Morgan fingerprint density at radius 3 is 2.70 bits per heavy atom. The second-order valence-corrected chi connectivity index (χ2v) is 6.29. The molecule has 0 amide bonds. The van der Waals surface area contributed by atoms with Crippen LogP contribution < -0.4 is 9.46 Å². The van der Waals surface area contributed by atoms with Gasteiger partial charge in [-0.15, -0.1) is 0 Å². The SMILES string of the molecule is COc1ccc(S(=O)(=O)NCCc2ccccn2)c([N+](=O)[O-])c1. The standard InChI is InChI=1S/C14H15N3O5S/c1-22-12-5-6-14(13(10-12)17(18)19)23(20,21)16-9-7-11-4-2-3-8-15-11/h2-6,8,10,16H,7,9H2,1H3. The van der Waals surface area contributed by atoms with Crippen molar-refractivity contribution in [3.05, 3.63) is 58.4 Å². The summed E-state index contributed by atoms with van der Waals surface area (Å²) in [5.74, 6) is 0.212. The number of methoxy groups -OCH3 is 1. The lowest BCUT2D eigenvalue weighted by Crippen LogP contribution is -2.26. The van der Waals surface area contributed by atoms with Crippen LogP contribution >= 0.6 is 0 Å². The predicted molar refractivity (Wildman–Crippen MR) is 82.8 cm³/mol. The van der Waals surface area contributed by atoms with Crippen molar-refractivity contribution in [3.8, 4) is 5.75 Å². The van der Waals surface area contributed by atoms with E-state index in [1.807, 2.05) is 0 Å². The van der Waals surface area contributed by atoms with Crippen LogP contribution in [0.2, 0.25) is 0 Å². The minimum atomic E-state index is -4.01. The Morgan fingerprint density at radius 1 is 1.30 bits per heavy atom. The van der Waals surface area contributed by atoms with Gasteiger partial charge in [0.15, 0.2) is 4.90 Å². The summed E-state index contributed by atoms with van der Waals surface area (Å²) in [7, 11) is -2.66. The lowest BCUT2D eigenvalue weighted by Gasteiger charge is -2.08. The molecule has 23 heavy (non-hydrogen) atoms. The quantitative estimate of drug-likeness (QED) is 0.605. The van der Waals surface area contributed by atoms with E-state index in [2.05, 4.69) is 9.71 Å². The molecule has 0 aliphatic heterocycles. The van der Waals surface area contributed by atoms with Crippen molar-refractivity contribution in [1.82, 2.24) is 9.71 Å². The van der Waals surface area contributed by atoms with E-state index < -0.39 is 25.5 Å². The van der Waals surface area contributed by atoms with E-state index in [1.165, 1.54) is 13.2 Å². The van der Waals surface area contributed by atoms with E-state index in [9.17, 15) is 18.5 Å². The molecule has 8 nitrogen and oxygen atoms in total. The molecule has 1 aromatic heterocycles. The molecule has 0 aliphatic rings. The number of nitrogens with zero attached hydrogens (tertiary/aromatic N) is 2. The molecular weight excluding hydrogens is 322 g/mol. The Labute approximate surface area is 133 Å². The van der Waals surface area contributed by atoms with Gasteiger partial charge in [-0.25, -0.2) is 13.1 Å². The molecule has 0 saturated heterocycles. The Kier molecular flexibility index (Phi) is 5.24. The van der Waals surface area contributed by atoms with E-state index in [4.69, 9.17) is 4.74 Å². The normalized spacial score (nSPS) is 11.2. The molecule has 2 rings (SSSR count). The van der Waals surface area contributed by atoms with Crippen LogP contribution in [0.3, 0.4) is 0 Å². The van der Waals surface area contributed by atoms with Gasteiger partial charge in [0.2, 0.25) is 10.0 Å². The summed E-state index contributed by atoms with van der Waals surface area (Å²) < 4.78 is 31.8. The minimum absolute atomic E-state index is 0.0858. The van der Waals surface area contributed by atoms with E-state index >= 15 is 0 Å². The second kappa shape index (κ2) is 7.16. The molecule has 0 fully saturated rings. The van der Waals surface area contributed by atoms with Gasteiger partial charge in [0.25, 0.3) is 5.69 Å². The van der Waals surface area contributed by atoms with Crippen LogP contribution in [0.25, 0.3) is 0 Å². The van der Waals surface area contributed by atoms with Gasteiger partial charge >= 0.3 is 0 Å². The van der Waals surface area contributed by atoms with Crippen LogP contribution in [0.15, 0.2) is 47.5 Å². The van der Waals surface area contributed by atoms with Crippen molar-refractivity contribution in [2.75, 3.05) is 13.7 Å². The third-order valence-corrected chi connectivity index (χ3v) is 4.56. The van der Waals surface area contributed by atoms with Crippen LogP contribution in [0.4, 0.5) is 5.69 Å². The average molecular weight is 337 g/mol. The Bertz CT molecular complexity index is 793. The summed E-state index contributed by atoms with van der Waals surface area (Å²) in [6.07, 6.45) is 1.99. The molecule has 0 spiro atoms. The first-order valence-corrected chi connectivity index (χ1v) is 8.14. The second-order valence-electron chi connectivity index (χ2n) is 4.56. The van der Waals surface area contributed by atoms with Gasteiger partial charge in [-0.3, -0.25) is 15.1 Å². The Balaban J connectivity index is 2.17. The molecule has 1 N–H and O–H groups in total. The van der Waals surface area contributed by atoms with Crippen molar-refractivity contribution in [2.24, 2.45) is 0 Å². The minimum Gasteiger partial charge on any atom is -0.497 e. The molecule has 0 unspecified atom stereocenters. The fourth-order valence-corrected chi connectivity index (χ4v) is 3.11. The van der Waals surface area contributed by atoms with Gasteiger partial charge in [0.1, 0.15) is 5.75 Å². The number of nitrogens with one attached hydrogen (secondary N) is 1. The molecule has 2 aromatic rings. The maximum Gasteiger partial charge on any atom is 0.293 e. The number of nitro groups is 1. The van der Waals surface area contributed by atoms with E-state index in [-0.39, 0.29) is 12.3 Å². The first-order valence-electron chi connectivity index (χ1n) is 6.66. The van der Waals surface area contributed by atoms with Gasteiger partial charge in [-0.05, 0) is 24.3 Å². The summed E-state index contributed by atoms with van der Waals surface area (Å²) in [4.78, 5) is 14.0. The number of nitro benzene ring substituents is 1. The number of benzene rings is 1. The molecule has 1 aromatic carbocycles. The van der Waals surface area contributed by atoms with Crippen molar-refractivity contribution < 1.29 is 18.1 Å². The third-order valence-electron chi connectivity index (χ3n) is 3.05. The zero-order valence-corrected chi connectivity index (χ0v) is 13.1. The molecule has 0 aliphatic carbocycles. The van der Waals surface area contributed by atoms with Crippen molar-refractivity contribution >= 4 is 15.7 Å². The largest absolute Gasteiger partial charge is 0.497 e. The van der Waals surface area contributed by atoms with Crippen LogP contribution in [-0.4, -0.2) is 32.0 Å². The van der Waals surface area contributed by atoms with Gasteiger partial charge < -0.3 is 4.74 Å². The maximum absolute atomic E-state index is 12.3. The molecule has 1 heterocycles. The first kappa shape index (κ1) is 16.8. The van der Waals surface area contributed by atoms with Gasteiger partial charge in [0.05, 0.1) is 18.1 Å². The maximum atomic E-state index is 12.3. The molecular formula is C14H15N3O5S. The molecule has 0 bridgehead atoms. The van der Waals surface area contributed by atoms with Crippen LogP contribution in [0, 0.1) is 10.1 Å². The van der Waals surface area contributed by atoms with Crippen molar-refractivity contribution in [2.45, 2.75) is 11.3 Å². The van der Waals surface area contributed by atoms with Crippen LogP contribution in [0.1, 0.15) is 5.69 Å². The summed E-state index contributed by atoms with van der Waals surface area (Å²) in [5.41, 5.74) is 0.189. The van der Waals surface area contributed by atoms with E-state index in [0.717, 1.165) is 17.8 Å². The fraction of sp³-hybridized carbons (Fsp3) is 0.214. The summed E-state index contributed by atoms with van der Waals surface area (Å²) >= 11 is 0. The first-order chi connectivity index (χ1) is 10.9. The average Bonchev–Trinajstić information content (AvgIpc) is 2.55. The highest BCUT2D eigenvalue weighted by atomic mass is 32.2. The van der Waals surface area contributed by atoms with E-state index in [0.29, 0.717) is 6.42 Å². The number of aromatic nitrogens is 1. The summed E-state index contributed by atoms with van der Waals surface area (Å²) in [6, 6.07) is 8.91. The number of sulfonamides is 1. The van der Waals surface area contributed by atoms with Gasteiger partial charge in [-0.2, -0.15) is 0 Å². The molecule has 9 heteroatoms. The molecule has 122 valence electrons. The van der Waals surface area contributed by atoms with Crippen LogP contribution in [-0.2, 0) is 16.4 Å². The number of hydrogen-bond acceptors (Lipinski definition) is 6. The number of hydrogen-bond donors (Lipinski definition) is 1. The lowest BCUT2D eigenvalue weighted by atomic mass is 10.3. The Hall–Kier alpha value is -2.52. The van der Waals surface area contributed by atoms with E-state index in [1.54, 1.807) is 24.4 Å². The van der Waals surface area contributed by atoms with Crippen molar-refractivity contribution in [1.29, 1.82) is 0 Å². The van der Waals surface area contributed by atoms with Crippen molar-refractivity contribution in [3.63, 3.8) is 0 Å². The molecule has 0 saturated carbocycles. The molecule has 0 atom stereocenters. The highest BCUT2D eigenvalue weighted by Crippen LogP contribution is 2.28. The topological polar surface area (TPSA) is 111 Å². The highest BCUT2D eigenvalue weighted by Gasteiger charge is 2.26. The lowest BCUT2D eigenvalue weighted by molar-refractivity contribution is -0.387. The molecule has 0 radical (unpaired) electrons. The zero-order chi connectivity index (χ0) is 16.9. The summed E-state index contributed by atoms with van der Waals surface area (Å²) in [6.45, 7) is 0.0858. The number of pyridine rings is 1. The van der Waals surface area contributed by atoms with Gasteiger partial charge in [0, 0.05) is 24.9 Å².